The molecule has 0 spiro atoms. The molecule has 0 fully saturated rings. The molecular weight excluding hydrogens is 368 g/mol. The molecule has 0 radical (unpaired) electrons. The first-order valence-electron chi connectivity index (χ1n) is 7.84. The lowest BCUT2D eigenvalue weighted by molar-refractivity contribution is -0.0511. The Balaban J connectivity index is 2.14. The van der Waals surface area contributed by atoms with Crippen LogP contribution in [0.5, 0.6) is 11.5 Å². The van der Waals surface area contributed by atoms with Crippen LogP contribution in [-0.4, -0.2) is 31.7 Å². The summed E-state index contributed by atoms with van der Waals surface area (Å²) in [5.74, 6) is -2.15. The second kappa shape index (κ2) is 8.61. The fourth-order valence-corrected chi connectivity index (χ4v) is 2.33. The standard InChI is InChI=1S/C18H18F4N2O3/c1-10(11-4-6-13(19)14(20)8-11)24(2)18(25)23-12-5-7-15(26-3)16(9-12)27-17(21)22/h4-10,17H,1-3H3,(H,23,25)/t10-/m0/s1. The molecule has 2 aromatic rings. The van der Waals surface area contributed by atoms with E-state index in [9.17, 15) is 22.4 Å². The van der Waals surface area contributed by atoms with Crippen LogP contribution in [0, 0.1) is 11.6 Å². The number of ether oxygens (including phenoxy) is 2. The molecule has 27 heavy (non-hydrogen) atoms. The minimum Gasteiger partial charge on any atom is -0.493 e. The summed E-state index contributed by atoms with van der Waals surface area (Å²) in [7, 11) is 2.75. The second-order valence-corrected chi connectivity index (χ2v) is 5.63. The molecule has 146 valence electrons. The third-order valence-corrected chi connectivity index (χ3v) is 3.96. The molecule has 2 rings (SSSR count). The smallest absolute Gasteiger partial charge is 0.387 e. The van der Waals surface area contributed by atoms with Crippen molar-refractivity contribution in [3.8, 4) is 11.5 Å². The number of benzene rings is 2. The maximum atomic E-state index is 13.4. The summed E-state index contributed by atoms with van der Waals surface area (Å²) in [6, 6.07) is 6.21. The number of carbonyl (C=O) groups excluding carboxylic acids is 1. The number of urea groups is 1. The first-order chi connectivity index (χ1) is 12.7. The van der Waals surface area contributed by atoms with Crippen molar-refractivity contribution >= 4 is 11.7 Å². The van der Waals surface area contributed by atoms with Gasteiger partial charge in [-0.3, -0.25) is 0 Å². The molecule has 0 bridgehead atoms. The van der Waals surface area contributed by atoms with Crippen molar-refractivity contribution in [2.24, 2.45) is 0 Å². The molecule has 0 aliphatic heterocycles. The molecule has 2 amide bonds. The lowest BCUT2D eigenvalue weighted by Gasteiger charge is -2.26. The Hall–Kier alpha value is -2.97. The maximum absolute atomic E-state index is 13.4. The Kier molecular flexibility index (Phi) is 6.49. The van der Waals surface area contributed by atoms with Crippen LogP contribution in [0.1, 0.15) is 18.5 Å². The average molecular weight is 386 g/mol. The van der Waals surface area contributed by atoms with Crippen molar-refractivity contribution in [1.82, 2.24) is 4.90 Å². The van der Waals surface area contributed by atoms with E-state index in [0.29, 0.717) is 5.56 Å². The fourth-order valence-electron chi connectivity index (χ4n) is 2.33. The van der Waals surface area contributed by atoms with Crippen molar-refractivity contribution < 1.29 is 31.8 Å². The van der Waals surface area contributed by atoms with Gasteiger partial charge in [-0.1, -0.05) is 6.07 Å². The van der Waals surface area contributed by atoms with E-state index < -0.39 is 30.3 Å². The van der Waals surface area contributed by atoms with Gasteiger partial charge in [-0.15, -0.1) is 0 Å². The predicted octanol–water partition coefficient (Wildman–Crippen LogP) is 4.80. The highest BCUT2D eigenvalue weighted by molar-refractivity contribution is 5.89. The maximum Gasteiger partial charge on any atom is 0.387 e. The molecule has 1 atom stereocenters. The summed E-state index contributed by atoms with van der Waals surface area (Å²) in [6.07, 6.45) is 0. The van der Waals surface area contributed by atoms with E-state index in [1.807, 2.05) is 0 Å². The number of nitrogens with one attached hydrogen (secondary N) is 1. The highest BCUT2D eigenvalue weighted by atomic mass is 19.3. The van der Waals surface area contributed by atoms with Crippen LogP contribution in [0.25, 0.3) is 0 Å². The van der Waals surface area contributed by atoms with Gasteiger partial charge in [0.05, 0.1) is 13.2 Å². The van der Waals surface area contributed by atoms with Crippen molar-refractivity contribution in [1.29, 1.82) is 0 Å². The molecule has 0 aliphatic carbocycles. The Morgan fingerprint density at radius 2 is 1.78 bits per heavy atom. The Bertz CT molecular complexity index is 817. The number of anilines is 1. The number of methoxy groups -OCH3 is 1. The van der Waals surface area contributed by atoms with Gasteiger partial charge >= 0.3 is 12.6 Å². The van der Waals surface area contributed by atoms with E-state index in [4.69, 9.17) is 4.74 Å². The number of hydrogen-bond acceptors (Lipinski definition) is 3. The molecular formula is C18H18F4N2O3. The lowest BCUT2D eigenvalue weighted by Crippen LogP contribution is -2.33. The first-order valence-corrected chi connectivity index (χ1v) is 7.84. The zero-order chi connectivity index (χ0) is 20.1. The fraction of sp³-hybridized carbons (Fsp3) is 0.278. The molecule has 0 saturated heterocycles. The van der Waals surface area contributed by atoms with E-state index in [0.717, 1.165) is 12.1 Å². The van der Waals surface area contributed by atoms with Crippen LogP contribution < -0.4 is 14.8 Å². The molecule has 0 saturated carbocycles. The van der Waals surface area contributed by atoms with E-state index in [2.05, 4.69) is 10.1 Å². The SMILES string of the molecule is COc1ccc(NC(=O)N(C)[C@@H](C)c2ccc(F)c(F)c2)cc1OC(F)F. The van der Waals surface area contributed by atoms with Crippen molar-refractivity contribution in [3.63, 3.8) is 0 Å². The Morgan fingerprint density at radius 3 is 2.37 bits per heavy atom. The van der Waals surface area contributed by atoms with E-state index in [1.54, 1.807) is 6.92 Å². The third kappa shape index (κ3) is 5.02. The van der Waals surface area contributed by atoms with Gasteiger partial charge in [0, 0.05) is 18.8 Å². The number of carbonyl (C=O) groups is 1. The van der Waals surface area contributed by atoms with Crippen LogP contribution in [0.15, 0.2) is 36.4 Å². The number of nitrogens with zero attached hydrogens (tertiary/aromatic N) is 1. The zero-order valence-electron chi connectivity index (χ0n) is 14.8. The normalized spacial score (nSPS) is 11.9. The van der Waals surface area contributed by atoms with Gasteiger partial charge in [0.25, 0.3) is 0 Å². The van der Waals surface area contributed by atoms with Crippen LogP contribution in [0.2, 0.25) is 0 Å². The van der Waals surface area contributed by atoms with Crippen molar-refractivity contribution in [2.75, 3.05) is 19.5 Å². The molecule has 2 aromatic carbocycles. The van der Waals surface area contributed by atoms with E-state index >= 15 is 0 Å². The number of amides is 2. The number of rotatable bonds is 6. The number of hydrogen-bond donors (Lipinski definition) is 1. The zero-order valence-corrected chi connectivity index (χ0v) is 14.8. The average Bonchev–Trinajstić information content (AvgIpc) is 2.62. The van der Waals surface area contributed by atoms with Gasteiger partial charge in [0.1, 0.15) is 0 Å². The summed E-state index contributed by atoms with van der Waals surface area (Å²) in [5.41, 5.74) is 0.587. The predicted molar refractivity (Wildman–Crippen MR) is 91.2 cm³/mol. The van der Waals surface area contributed by atoms with Crippen molar-refractivity contribution in [2.45, 2.75) is 19.6 Å². The lowest BCUT2D eigenvalue weighted by atomic mass is 10.1. The highest BCUT2D eigenvalue weighted by Crippen LogP contribution is 2.32. The van der Waals surface area contributed by atoms with Gasteiger partial charge in [-0.25, -0.2) is 13.6 Å². The number of alkyl halides is 2. The van der Waals surface area contributed by atoms with Crippen LogP contribution in [0.4, 0.5) is 28.0 Å². The summed E-state index contributed by atoms with van der Waals surface area (Å²) in [4.78, 5) is 13.6. The summed E-state index contributed by atoms with van der Waals surface area (Å²) in [5, 5.41) is 2.52. The summed E-state index contributed by atoms with van der Waals surface area (Å²) < 4.78 is 60.7. The van der Waals surface area contributed by atoms with Gasteiger partial charge < -0.3 is 19.7 Å². The molecule has 1 N–H and O–H groups in total. The topological polar surface area (TPSA) is 50.8 Å². The Morgan fingerprint density at radius 1 is 1.07 bits per heavy atom. The van der Waals surface area contributed by atoms with Gasteiger partial charge in [-0.2, -0.15) is 8.78 Å². The molecule has 5 nitrogen and oxygen atoms in total. The Labute approximate surface area is 153 Å². The van der Waals surface area contributed by atoms with Gasteiger partial charge in [0.2, 0.25) is 0 Å². The second-order valence-electron chi connectivity index (χ2n) is 5.63. The molecule has 0 unspecified atom stereocenters. The molecule has 0 heterocycles. The van der Waals surface area contributed by atoms with Crippen LogP contribution in [-0.2, 0) is 0 Å². The van der Waals surface area contributed by atoms with Gasteiger partial charge in [-0.05, 0) is 36.8 Å². The van der Waals surface area contributed by atoms with Crippen molar-refractivity contribution in [3.05, 3.63) is 53.6 Å². The third-order valence-electron chi connectivity index (χ3n) is 3.96. The monoisotopic (exact) mass is 386 g/mol. The van der Waals surface area contributed by atoms with E-state index in [1.165, 1.54) is 43.3 Å². The first kappa shape index (κ1) is 20.3. The minimum atomic E-state index is -3.05. The molecule has 9 heteroatoms. The largest absolute Gasteiger partial charge is 0.493 e. The number of halogens is 4. The summed E-state index contributed by atoms with van der Waals surface area (Å²) in [6.45, 7) is -1.42. The molecule has 0 aliphatic rings. The van der Waals surface area contributed by atoms with Gasteiger partial charge in [0.15, 0.2) is 23.1 Å². The minimum absolute atomic E-state index is 0.0804. The van der Waals surface area contributed by atoms with Crippen LogP contribution in [0.3, 0.4) is 0 Å². The highest BCUT2D eigenvalue weighted by Gasteiger charge is 2.20. The quantitative estimate of drug-likeness (QED) is 0.726. The van der Waals surface area contributed by atoms with Crippen LogP contribution >= 0.6 is 0 Å². The molecule has 0 aromatic heterocycles. The van der Waals surface area contributed by atoms with E-state index in [-0.39, 0.29) is 17.2 Å². The summed E-state index contributed by atoms with van der Waals surface area (Å²) >= 11 is 0.